The minimum Gasteiger partial charge on any atom is -0.334 e. The van der Waals surface area contributed by atoms with E-state index in [1.54, 1.807) is 6.07 Å². The molecular weight excluding hydrogens is 357 g/mol. The molecule has 132 valence electrons. The third kappa shape index (κ3) is 4.19. The van der Waals surface area contributed by atoms with Crippen LogP contribution in [0.3, 0.4) is 0 Å². The van der Waals surface area contributed by atoms with Crippen LogP contribution in [-0.2, 0) is 19.1 Å². The first-order valence-electron chi connectivity index (χ1n) is 7.54. The van der Waals surface area contributed by atoms with Crippen molar-refractivity contribution in [3.05, 3.63) is 58.1 Å². The quantitative estimate of drug-likeness (QED) is 0.867. The Morgan fingerprint density at radius 3 is 2.68 bits per heavy atom. The minimum atomic E-state index is -4.58. The highest BCUT2D eigenvalue weighted by Gasteiger charge is 2.34. The number of halogens is 4. The van der Waals surface area contributed by atoms with Gasteiger partial charge in [-0.3, -0.25) is 0 Å². The summed E-state index contributed by atoms with van der Waals surface area (Å²) in [5.41, 5.74) is 2.51. The van der Waals surface area contributed by atoms with Crippen LogP contribution in [0, 0.1) is 0 Å². The van der Waals surface area contributed by atoms with Crippen molar-refractivity contribution < 1.29 is 18.0 Å². The maximum Gasteiger partial charge on any atom is 0.451 e. The Balaban J connectivity index is 1.54. The lowest BCUT2D eigenvalue weighted by molar-refractivity contribution is -0.145. The molecule has 0 unspecified atom stereocenters. The van der Waals surface area contributed by atoms with Gasteiger partial charge in [0.15, 0.2) is 0 Å². The number of hydrogen-bond donors (Lipinski definition) is 2. The van der Waals surface area contributed by atoms with Gasteiger partial charge in [0, 0.05) is 29.5 Å². The second kappa shape index (κ2) is 6.87. The summed E-state index contributed by atoms with van der Waals surface area (Å²) in [6.45, 7) is 0.0319. The van der Waals surface area contributed by atoms with Crippen molar-refractivity contribution in [2.75, 3.05) is 0 Å². The van der Waals surface area contributed by atoms with Gasteiger partial charge in [-0.25, -0.2) is 14.8 Å². The molecule has 0 saturated heterocycles. The monoisotopic (exact) mass is 370 g/mol. The summed E-state index contributed by atoms with van der Waals surface area (Å²) in [6, 6.07) is 5.02. The Labute approximate surface area is 146 Å². The summed E-state index contributed by atoms with van der Waals surface area (Å²) < 4.78 is 37.2. The number of benzene rings is 1. The van der Waals surface area contributed by atoms with Crippen molar-refractivity contribution in [2.24, 2.45) is 0 Å². The molecule has 1 aromatic carbocycles. The van der Waals surface area contributed by atoms with E-state index in [0.717, 1.165) is 36.4 Å². The van der Waals surface area contributed by atoms with E-state index in [1.807, 2.05) is 12.1 Å². The molecule has 0 spiro atoms. The second-order valence-electron chi connectivity index (χ2n) is 5.67. The largest absolute Gasteiger partial charge is 0.451 e. The third-order valence-electron chi connectivity index (χ3n) is 3.90. The first-order chi connectivity index (χ1) is 11.8. The van der Waals surface area contributed by atoms with Gasteiger partial charge in [-0.15, -0.1) is 0 Å². The lowest BCUT2D eigenvalue weighted by atomic mass is 10.1. The van der Waals surface area contributed by atoms with E-state index in [0.29, 0.717) is 10.6 Å². The van der Waals surface area contributed by atoms with E-state index >= 15 is 0 Å². The molecule has 5 nitrogen and oxygen atoms in total. The zero-order valence-electron chi connectivity index (χ0n) is 12.9. The van der Waals surface area contributed by atoms with Crippen LogP contribution in [0.25, 0.3) is 0 Å². The molecule has 2 aromatic rings. The molecule has 3 rings (SSSR count). The van der Waals surface area contributed by atoms with Crippen LogP contribution >= 0.6 is 11.6 Å². The van der Waals surface area contributed by atoms with Gasteiger partial charge in [0.1, 0.15) is 0 Å². The molecular formula is C16H14ClF3N4O. The molecule has 0 aliphatic heterocycles. The first-order valence-corrected chi connectivity index (χ1v) is 7.91. The fourth-order valence-electron chi connectivity index (χ4n) is 2.72. The standard InChI is InChI=1S/C16H14ClF3N4O/c17-11-2-3-12-10(5-11)1-4-13(12)24-15(25)23-8-9-6-21-14(22-7-9)16(18,19)20/h2-3,5-7,13H,1,4,8H2,(H2,23,24,25)/t13-/m1/s1. The molecule has 1 heterocycles. The number of alkyl halides is 3. The third-order valence-corrected chi connectivity index (χ3v) is 4.14. The topological polar surface area (TPSA) is 66.9 Å². The number of hydrogen-bond acceptors (Lipinski definition) is 3. The van der Waals surface area contributed by atoms with E-state index in [-0.39, 0.29) is 12.6 Å². The molecule has 2 amide bonds. The number of rotatable bonds is 3. The highest BCUT2D eigenvalue weighted by atomic mass is 35.5. The lowest BCUT2D eigenvalue weighted by Gasteiger charge is -2.15. The van der Waals surface area contributed by atoms with Gasteiger partial charge < -0.3 is 10.6 Å². The van der Waals surface area contributed by atoms with Crippen LogP contribution in [0.4, 0.5) is 18.0 Å². The molecule has 25 heavy (non-hydrogen) atoms. The molecule has 0 fully saturated rings. The van der Waals surface area contributed by atoms with Crippen LogP contribution in [-0.4, -0.2) is 16.0 Å². The molecule has 0 radical (unpaired) electrons. The normalized spacial score (nSPS) is 16.4. The summed E-state index contributed by atoms with van der Waals surface area (Å²) in [4.78, 5) is 18.5. The fraction of sp³-hybridized carbons (Fsp3) is 0.312. The van der Waals surface area contributed by atoms with E-state index in [2.05, 4.69) is 20.6 Å². The highest BCUT2D eigenvalue weighted by Crippen LogP contribution is 2.32. The Morgan fingerprint density at radius 2 is 2.00 bits per heavy atom. The van der Waals surface area contributed by atoms with Crippen molar-refractivity contribution in [3.8, 4) is 0 Å². The molecule has 9 heteroatoms. The van der Waals surface area contributed by atoms with Crippen LogP contribution in [0.2, 0.25) is 5.02 Å². The molecule has 2 N–H and O–H groups in total. The average molecular weight is 371 g/mol. The first kappa shape index (κ1) is 17.5. The molecule has 0 saturated carbocycles. The Morgan fingerprint density at radius 1 is 1.28 bits per heavy atom. The van der Waals surface area contributed by atoms with E-state index < -0.39 is 18.0 Å². The van der Waals surface area contributed by atoms with Crippen molar-refractivity contribution in [3.63, 3.8) is 0 Å². The number of carbonyl (C=O) groups excluding carboxylic acids is 1. The Hall–Kier alpha value is -2.35. The molecule has 1 aromatic heterocycles. The minimum absolute atomic E-state index is 0.0319. The lowest BCUT2D eigenvalue weighted by Crippen LogP contribution is -2.37. The number of nitrogens with one attached hydrogen (secondary N) is 2. The van der Waals surface area contributed by atoms with Gasteiger partial charge in [0.25, 0.3) is 0 Å². The Kier molecular flexibility index (Phi) is 4.80. The second-order valence-corrected chi connectivity index (χ2v) is 6.11. The SMILES string of the molecule is O=C(NCc1cnc(C(F)(F)F)nc1)N[C@@H]1CCc2cc(Cl)ccc21. The summed E-state index contributed by atoms with van der Waals surface area (Å²) in [5.74, 6) is -1.21. The molecule has 0 bridgehead atoms. The van der Waals surface area contributed by atoms with Crippen molar-refractivity contribution in [1.82, 2.24) is 20.6 Å². The van der Waals surface area contributed by atoms with Crippen LogP contribution in [0.1, 0.15) is 35.0 Å². The van der Waals surface area contributed by atoms with E-state index in [9.17, 15) is 18.0 Å². The van der Waals surface area contributed by atoms with Gasteiger partial charge in [0.05, 0.1) is 6.04 Å². The predicted octanol–water partition coefficient (Wildman–Crippen LogP) is 3.64. The molecule has 1 aliphatic carbocycles. The predicted molar refractivity (Wildman–Crippen MR) is 84.9 cm³/mol. The number of urea groups is 1. The van der Waals surface area contributed by atoms with Gasteiger partial charge in [0.2, 0.25) is 5.82 Å². The number of aromatic nitrogens is 2. The van der Waals surface area contributed by atoms with Crippen LogP contribution < -0.4 is 10.6 Å². The maximum atomic E-state index is 12.4. The van der Waals surface area contributed by atoms with Crippen molar-refractivity contribution in [1.29, 1.82) is 0 Å². The maximum absolute atomic E-state index is 12.4. The highest BCUT2D eigenvalue weighted by molar-refractivity contribution is 6.30. The number of aryl methyl sites for hydroxylation is 1. The summed E-state index contributed by atoms with van der Waals surface area (Å²) in [7, 11) is 0. The Bertz CT molecular complexity index is 780. The average Bonchev–Trinajstić information content (AvgIpc) is 2.94. The van der Waals surface area contributed by atoms with Gasteiger partial charge in [-0.1, -0.05) is 17.7 Å². The van der Waals surface area contributed by atoms with Gasteiger partial charge in [-0.05, 0) is 36.1 Å². The number of nitrogens with zero attached hydrogens (tertiary/aromatic N) is 2. The van der Waals surface area contributed by atoms with E-state index in [1.165, 1.54) is 0 Å². The van der Waals surface area contributed by atoms with E-state index in [4.69, 9.17) is 11.6 Å². The van der Waals surface area contributed by atoms with Crippen LogP contribution in [0.5, 0.6) is 0 Å². The number of fused-ring (bicyclic) bond motifs is 1. The molecule has 1 aliphatic rings. The summed E-state index contributed by atoms with van der Waals surface area (Å²) in [5, 5.41) is 6.09. The van der Waals surface area contributed by atoms with Gasteiger partial charge >= 0.3 is 12.2 Å². The van der Waals surface area contributed by atoms with Crippen molar-refractivity contribution in [2.45, 2.75) is 31.6 Å². The zero-order valence-corrected chi connectivity index (χ0v) is 13.7. The fourth-order valence-corrected chi connectivity index (χ4v) is 2.91. The van der Waals surface area contributed by atoms with Gasteiger partial charge in [-0.2, -0.15) is 13.2 Å². The van der Waals surface area contributed by atoms with Crippen LogP contribution in [0.15, 0.2) is 30.6 Å². The number of amides is 2. The zero-order chi connectivity index (χ0) is 18.0. The summed E-state index contributed by atoms with van der Waals surface area (Å²) >= 11 is 5.95. The van der Waals surface area contributed by atoms with Crippen molar-refractivity contribution >= 4 is 17.6 Å². The summed E-state index contributed by atoms with van der Waals surface area (Å²) in [6.07, 6.45) is -0.895. The number of carbonyl (C=O) groups is 1. The molecule has 1 atom stereocenters. The smallest absolute Gasteiger partial charge is 0.334 e.